The molecule has 0 N–H and O–H groups in total. The normalized spacial score (nSPS) is 16.5. The zero-order chi connectivity index (χ0) is 15.4. The minimum absolute atomic E-state index is 0.125. The number of halogens is 2. The molecule has 116 valence electrons. The van der Waals surface area contributed by atoms with E-state index in [1.165, 1.54) is 6.42 Å². The van der Waals surface area contributed by atoms with E-state index in [4.69, 9.17) is 0 Å². The molecule has 0 radical (unpaired) electrons. The maximum absolute atomic E-state index is 12.5. The van der Waals surface area contributed by atoms with E-state index in [9.17, 15) is 4.79 Å². The fraction of sp³-hybridized carbons (Fsp3) is 0.562. The molecule has 0 aromatic heterocycles. The molecule has 1 saturated heterocycles. The third-order valence-electron chi connectivity index (χ3n) is 3.79. The van der Waals surface area contributed by atoms with E-state index < -0.39 is 0 Å². The van der Waals surface area contributed by atoms with Crippen LogP contribution in [0.15, 0.2) is 27.1 Å². The van der Waals surface area contributed by atoms with Crippen LogP contribution in [-0.2, 0) is 0 Å². The Labute approximate surface area is 143 Å². The Kier molecular flexibility index (Phi) is 6.26. The van der Waals surface area contributed by atoms with E-state index in [0.29, 0.717) is 0 Å². The van der Waals surface area contributed by atoms with Crippen LogP contribution in [0.3, 0.4) is 0 Å². The summed E-state index contributed by atoms with van der Waals surface area (Å²) >= 11 is 6.88. The topological polar surface area (TPSA) is 23.6 Å². The molecule has 21 heavy (non-hydrogen) atoms. The Hall–Kier alpha value is -0.390. The summed E-state index contributed by atoms with van der Waals surface area (Å²) in [7, 11) is 0. The van der Waals surface area contributed by atoms with E-state index in [1.807, 2.05) is 23.1 Å². The van der Waals surface area contributed by atoms with Crippen LogP contribution >= 0.6 is 31.9 Å². The van der Waals surface area contributed by atoms with Crippen molar-refractivity contribution in [2.45, 2.75) is 20.3 Å². The second-order valence-corrected chi connectivity index (χ2v) is 7.81. The van der Waals surface area contributed by atoms with Gasteiger partial charge >= 0.3 is 0 Å². The van der Waals surface area contributed by atoms with E-state index in [-0.39, 0.29) is 5.91 Å². The van der Waals surface area contributed by atoms with Crippen LogP contribution in [0, 0.1) is 5.92 Å². The molecule has 2 rings (SSSR count). The fourth-order valence-corrected chi connectivity index (χ4v) is 3.77. The van der Waals surface area contributed by atoms with Crippen LogP contribution in [0.5, 0.6) is 0 Å². The molecule has 0 bridgehead atoms. The van der Waals surface area contributed by atoms with Crippen molar-refractivity contribution in [1.29, 1.82) is 0 Å². The number of carbonyl (C=O) groups excluding carboxylic acids is 1. The van der Waals surface area contributed by atoms with Crippen molar-refractivity contribution in [3.63, 3.8) is 0 Å². The van der Waals surface area contributed by atoms with E-state index in [0.717, 1.165) is 53.2 Å². The molecular weight excluding hydrogens is 396 g/mol. The van der Waals surface area contributed by atoms with Gasteiger partial charge in [-0.1, -0.05) is 45.7 Å². The SMILES string of the molecule is CC(C)CCN1CCN(C(=O)c2cc(Br)cc(Br)c2)CC1. The van der Waals surface area contributed by atoms with Crippen LogP contribution < -0.4 is 0 Å². The highest BCUT2D eigenvalue weighted by Gasteiger charge is 2.22. The predicted octanol–water partition coefficient (Wildman–Crippen LogP) is 4.02. The van der Waals surface area contributed by atoms with Crippen molar-refractivity contribution in [1.82, 2.24) is 9.80 Å². The molecule has 0 spiro atoms. The van der Waals surface area contributed by atoms with Gasteiger partial charge in [-0.25, -0.2) is 0 Å². The summed E-state index contributed by atoms with van der Waals surface area (Å²) in [6, 6.07) is 5.72. The minimum atomic E-state index is 0.125. The number of hydrogen-bond acceptors (Lipinski definition) is 2. The lowest BCUT2D eigenvalue weighted by molar-refractivity contribution is 0.0631. The molecule has 1 aromatic rings. The van der Waals surface area contributed by atoms with Gasteiger partial charge in [0.05, 0.1) is 0 Å². The van der Waals surface area contributed by atoms with Crippen molar-refractivity contribution in [2.75, 3.05) is 32.7 Å². The summed E-state index contributed by atoms with van der Waals surface area (Å²) in [5.41, 5.74) is 0.742. The molecule has 0 atom stereocenters. The molecule has 0 saturated carbocycles. The molecule has 5 heteroatoms. The Morgan fingerprint density at radius 3 is 2.19 bits per heavy atom. The Morgan fingerprint density at radius 2 is 1.67 bits per heavy atom. The number of nitrogens with zero attached hydrogens (tertiary/aromatic N) is 2. The predicted molar refractivity (Wildman–Crippen MR) is 93.6 cm³/mol. The quantitative estimate of drug-likeness (QED) is 0.738. The van der Waals surface area contributed by atoms with Gasteiger partial charge in [0.1, 0.15) is 0 Å². The molecule has 1 aliphatic rings. The largest absolute Gasteiger partial charge is 0.336 e. The minimum Gasteiger partial charge on any atom is -0.336 e. The first kappa shape index (κ1) is 17.0. The Bertz CT molecular complexity index is 477. The van der Waals surface area contributed by atoms with Crippen LogP contribution in [0.1, 0.15) is 30.6 Å². The first-order chi connectivity index (χ1) is 9.95. The monoisotopic (exact) mass is 416 g/mol. The molecule has 0 unspecified atom stereocenters. The average Bonchev–Trinajstić information content (AvgIpc) is 2.44. The molecule has 1 heterocycles. The van der Waals surface area contributed by atoms with Crippen LogP contribution in [0.25, 0.3) is 0 Å². The van der Waals surface area contributed by atoms with Crippen molar-refractivity contribution in [2.24, 2.45) is 5.92 Å². The maximum atomic E-state index is 12.5. The first-order valence-corrected chi connectivity index (χ1v) is 9.02. The molecule has 3 nitrogen and oxygen atoms in total. The van der Waals surface area contributed by atoms with Gasteiger partial charge in [0.15, 0.2) is 0 Å². The van der Waals surface area contributed by atoms with Crippen LogP contribution in [-0.4, -0.2) is 48.4 Å². The van der Waals surface area contributed by atoms with Gasteiger partial charge < -0.3 is 4.90 Å². The number of benzene rings is 1. The molecule has 1 aliphatic heterocycles. The van der Waals surface area contributed by atoms with E-state index in [1.54, 1.807) is 0 Å². The highest BCUT2D eigenvalue weighted by atomic mass is 79.9. The number of rotatable bonds is 4. The second-order valence-electron chi connectivity index (χ2n) is 5.97. The van der Waals surface area contributed by atoms with Crippen molar-refractivity contribution >= 4 is 37.8 Å². The summed E-state index contributed by atoms with van der Waals surface area (Å²) in [6.45, 7) is 9.25. The first-order valence-electron chi connectivity index (χ1n) is 7.43. The van der Waals surface area contributed by atoms with Crippen molar-refractivity contribution in [3.8, 4) is 0 Å². The van der Waals surface area contributed by atoms with Gasteiger partial charge in [0.2, 0.25) is 0 Å². The molecular formula is C16H22Br2N2O. The zero-order valence-electron chi connectivity index (χ0n) is 12.6. The molecule has 1 amide bonds. The van der Waals surface area contributed by atoms with Crippen LogP contribution in [0.4, 0.5) is 0 Å². The summed E-state index contributed by atoms with van der Waals surface area (Å²) in [6.07, 6.45) is 1.23. The molecule has 1 fully saturated rings. The van der Waals surface area contributed by atoms with E-state index >= 15 is 0 Å². The fourth-order valence-electron chi connectivity index (χ4n) is 2.48. The number of piperazine rings is 1. The number of carbonyl (C=O) groups is 1. The lowest BCUT2D eigenvalue weighted by atomic mass is 10.1. The highest BCUT2D eigenvalue weighted by molar-refractivity contribution is 9.11. The summed E-state index contributed by atoms with van der Waals surface area (Å²) in [4.78, 5) is 17.0. The Balaban J connectivity index is 1.91. The third-order valence-corrected chi connectivity index (χ3v) is 4.71. The van der Waals surface area contributed by atoms with Gasteiger partial charge in [-0.15, -0.1) is 0 Å². The van der Waals surface area contributed by atoms with Crippen molar-refractivity contribution < 1.29 is 4.79 Å². The van der Waals surface area contributed by atoms with E-state index in [2.05, 4.69) is 50.6 Å². The van der Waals surface area contributed by atoms with Crippen LogP contribution in [0.2, 0.25) is 0 Å². The maximum Gasteiger partial charge on any atom is 0.254 e. The third kappa shape index (κ3) is 5.08. The number of hydrogen-bond donors (Lipinski definition) is 0. The number of amides is 1. The van der Waals surface area contributed by atoms with Gasteiger partial charge in [0.25, 0.3) is 5.91 Å². The average molecular weight is 418 g/mol. The molecule has 1 aromatic carbocycles. The highest BCUT2D eigenvalue weighted by Crippen LogP contribution is 2.21. The summed E-state index contributed by atoms with van der Waals surface area (Å²) in [5, 5.41) is 0. The summed E-state index contributed by atoms with van der Waals surface area (Å²) < 4.78 is 1.85. The second kappa shape index (κ2) is 7.75. The lowest BCUT2D eigenvalue weighted by Gasteiger charge is -2.35. The van der Waals surface area contributed by atoms with Gasteiger partial charge in [-0.05, 0) is 37.1 Å². The van der Waals surface area contributed by atoms with Gasteiger partial charge in [-0.2, -0.15) is 0 Å². The van der Waals surface area contributed by atoms with Gasteiger partial charge in [-0.3, -0.25) is 9.69 Å². The lowest BCUT2D eigenvalue weighted by Crippen LogP contribution is -2.49. The standard InChI is InChI=1S/C16H22Br2N2O/c1-12(2)3-4-19-5-7-20(8-6-19)16(21)13-9-14(17)11-15(18)10-13/h9-12H,3-8H2,1-2H3. The van der Waals surface area contributed by atoms with Crippen molar-refractivity contribution in [3.05, 3.63) is 32.7 Å². The zero-order valence-corrected chi connectivity index (χ0v) is 15.8. The Morgan fingerprint density at radius 1 is 1.10 bits per heavy atom. The van der Waals surface area contributed by atoms with Gasteiger partial charge in [0, 0.05) is 40.7 Å². The smallest absolute Gasteiger partial charge is 0.254 e. The summed E-state index contributed by atoms with van der Waals surface area (Å²) in [5.74, 6) is 0.865. The molecule has 0 aliphatic carbocycles.